The van der Waals surface area contributed by atoms with Crippen LogP contribution in [0.4, 0.5) is 23.2 Å². The number of nitrogens with one attached hydrogen (secondary N) is 1. The molecule has 2 rings (SSSR count). The molecule has 0 saturated carbocycles. The molecule has 36 heavy (non-hydrogen) atoms. The highest BCUT2D eigenvalue weighted by Crippen LogP contribution is 2.37. The van der Waals surface area contributed by atoms with Crippen molar-refractivity contribution in [2.75, 3.05) is 23.7 Å². The van der Waals surface area contributed by atoms with E-state index in [2.05, 4.69) is 5.32 Å². The maximum Gasteiger partial charge on any atom is 0.417 e. The van der Waals surface area contributed by atoms with Crippen LogP contribution in [0.25, 0.3) is 0 Å². The second kappa shape index (κ2) is 11.9. The topological polar surface area (TPSA) is 86.8 Å². The third kappa shape index (κ3) is 7.57. The summed E-state index contributed by atoms with van der Waals surface area (Å²) in [5.41, 5.74) is -1.22. The Morgan fingerprint density at radius 2 is 1.69 bits per heavy atom. The van der Waals surface area contributed by atoms with Gasteiger partial charge in [-0.1, -0.05) is 30.7 Å². The highest BCUT2D eigenvalue weighted by molar-refractivity contribution is 7.92. The van der Waals surface area contributed by atoms with Crippen LogP contribution >= 0.6 is 11.6 Å². The molecule has 13 heteroatoms. The van der Waals surface area contributed by atoms with Crippen molar-refractivity contribution in [3.05, 3.63) is 64.4 Å². The van der Waals surface area contributed by atoms with Crippen LogP contribution in [-0.4, -0.2) is 50.5 Å². The van der Waals surface area contributed by atoms with Crippen molar-refractivity contribution < 1.29 is 35.6 Å². The number of anilines is 1. The van der Waals surface area contributed by atoms with E-state index >= 15 is 0 Å². The fourth-order valence-corrected chi connectivity index (χ4v) is 4.56. The molecule has 7 nitrogen and oxygen atoms in total. The number of carbonyl (C=O) groups excluding carboxylic acids is 2. The first-order valence-electron chi connectivity index (χ1n) is 10.8. The minimum absolute atomic E-state index is 0.164. The lowest BCUT2D eigenvalue weighted by molar-refractivity contribution is -0.140. The Hall–Kier alpha value is -2.86. The molecule has 0 bridgehead atoms. The third-order valence-corrected chi connectivity index (χ3v) is 6.70. The van der Waals surface area contributed by atoms with Gasteiger partial charge in [-0.2, -0.15) is 13.2 Å². The monoisotopic (exact) mass is 551 g/mol. The lowest BCUT2D eigenvalue weighted by atomic mass is 10.1. The van der Waals surface area contributed by atoms with Crippen molar-refractivity contribution in [2.45, 2.75) is 39.0 Å². The summed E-state index contributed by atoms with van der Waals surface area (Å²) in [6, 6.07) is 6.62. The first-order valence-corrected chi connectivity index (χ1v) is 13.1. The van der Waals surface area contributed by atoms with Gasteiger partial charge in [0.05, 0.1) is 22.5 Å². The fourth-order valence-electron chi connectivity index (χ4n) is 3.50. The van der Waals surface area contributed by atoms with Gasteiger partial charge in [-0.3, -0.25) is 13.9 Å². The zero-order valence-corrected chi connectivity index (χ0v) is 21.3. The van der Waals surface area contributed by atoms with Crippen LogP contribution in [0.5, 0.6) is 0 Å². The second-order valence-electron chi connectivity index (χ2n) is 7.90. The highest BCUT2D eigenvalue weighted by Gasteiger charge is 2.36. The first kappa shape index (κ1) is 29.4. The molecular weight excluding hydrogens is 526 g/mol. The largest absolute Gasteiger partial charge is 0.417 e. The van der Waals surface area contributed by atoms with Gasteiger partial charge in [0.25, 0.3) is 0 Å². The Labute approximate surface area is 212 Å². The van der Waals surface area contributed by atoms with E-state index in [1.54, 1.807) is 13.8 Å². The molecular formula is C23H26ClF4N3O4S. The Balaban J connectivity index is 2.51. The van der Waals surface area contributed by atoms with Gasteiger partial charge in [-0.15, -0.1) is 0 Å². The number of rotatable bonds is 10. The van der Waals surface area contributed by atoms with Gasteiger partial charge in [0, 0.05) is 13.1 Å². The number of nitrogens with zero attached hydrogens (tertiary/aromatic N) is 2. The van der Waals surface area contributed by atoms with E-state index in [-0.39, 0.29) is 19.5 Å². The molecule has 2 aromatic carbocycles. The van der Waals surface area contributed by atoms with Crippen molar-refractivity contribution in [1.29, 1.82) is 0 Å². The molecule has 2 amide bonds. The first-order chi connectivity index (χ1) is 16.7. The predicted molar refractivity (Wildman–Crippen MR) is 128 cm³/mol. The van der Waals surface area contributed by atoms with Crippen molar-refractivity contribution in [1.82, 2.24) is 10.2 Å². The molecule has 0 fully saturated rings. The molecule has 0 aromatic heterocycles. The summed E-state index contributed by atoms with van der Waals surface area (Å²) >= 11 is 5.65. The van der Waals surface area contributed by atoms with E-state index in [1.165, 1.54) is 24.3 Å². The van der Waals surface area contributed by atoms with Crippen LogP contribution in [0.2, 0.25) is 5.02 Å². The summed E-state index contributed by atoms with van der Waals surface area (Å²) in [5.74, 6) is -1.85. The Morgan fingerprint density at radius 1 is 1.08 bits per heavy atom. The van der Waals surface area contributed by atoms with Crippen molar-refractivity contribution in [2.24, 2.45) is 0 Å². The molecule has 2 aromatic rings. The fraction of sp³-hybridized carbons (Fsp3) is 0.391. The summed E-state index contributed by atoms with van der Waals surface area (Å²) in [5, 5.41) is 1.97. The van der Waals surface area contributed by atoms with Crippen LogP contribution in [0.3, 0.4) is 0 Å². The Bertz CT molecular complexity index is 1190. The normalized spacial score (nSPS) is 12.7. The minimum Gasteiger partial charge on any atom is -0.355 e. The van der Waals surface area contributed by atoms with Crippen LogP contribution < -0.4 is 9.62 Å². The van der Waals surface area contributed by atoms with Crippen molar-refractivity contribution >= 4 is 39.1 Å². The lowest BCUT2D eigenvalue weighted by Gasteiger charge is -2.33. The molecule has 198 valence electrons. The summed E-state index contributed by atoms with van der Waals surface area (Å²) in [6.07, 6.45) is -3.95. The number of benzene rings is 2. The maximum absolute atomic E-state index is 13.4. The summed E-state index contributed by atoms with van der Waals surface area (Å²) in [6.45, 7) is 2.55. The highest BCUT2D eigenvalue weighted by atomic mass is 35.5. The van der Waals surface area contributed by atoms with Crippen LogP contribution in [-0.2, 0) is 32.3 Å². The molecule has 0 unspecified atom stereocenters. The Kier molecular flexibility index (Phi) is 9.72. The summed E-state index contributed by atoms with van der Waals surface area (Å²) < 4.78 is 79.0. The quantitative estimate of drug-likeness (QED) is 0.448. The molecule has 0 aliphatic heterocycles. The van der Waals surface area contributed by atoms with E-state index < -0.39 is 62.7 Å². The molecule has 0 spiro atoms. The number of hydrogen-bond acceptors (Lipinski definition) is 4. The van der Waals surface area contributed by atoms with E-state index in [0.717, 1.165) is 23.3 Å². The van der Waals surface area contributed by atoms with E-state index in [0.29, 0.717) is 15.9 Å². The smallest absolute Gasteiger partial charge is 0.355 e. The lowest BCUT2D eigenvalue weighted by Crippen LogP contribution is -2.52. The van der Waals surface area contributed by atoms with Crippen molar-refractivity contribution in [3.63, 3.8) is 0 Å². The molecule has 0 saturated heterocycles. The number of sulfonamides is 1. The number of alkyl halides is 3. The van der Waals surface area contributed by atoms with E-state index in [4.69, 9.17) is 11.6 Å². The van der Waals surface area contributed by atoms with Gasteiger partial charge in [0.15, 0.2) is 0 Å². The standard InChI is InChI=1S/C23H26ClF4N3O4S/c1-4-20(22(33)29-5-2)30(13-15-6-8-16(25)9-7-15)21(32)14-31(36(3,34)35)17-10-11-19(24)18(12-17)23(26,27)28/h6-12,20H,4-5,13-14H2,1-3H3,(H,29,33)/t20-/m1/s1. The van der Waals surface area contributed by atoms with Crippen molar-refractivity contribution in [3.8, 4) is 0 Å². The van der Waals surface area contributed by atoms with Gasteiger partial charge >= 0.3 is 6.18 Å². The van der Waals surface area contributed by atoms with Gasteiger partial charge in [-0.25, -0.2) is 12.8 Å². The third-order valence-electron chi connectivity index (χ3n) is 5.23. The molecule has 0 radical (unpaired) electrons. The summed E-state index contributed by atoms with van der Waals surface area (Å²) in [4.78, 5) is 27.2. The van der Waals surface area contributed by atoms with Gasteiger partial charge < -0.3 is 10.2 Å². The zero-order chi connectivity index (χ0) is 27.3. The maximum atomic E-state index is 13.4. The second-order valence-corrected chi connectivity index (χ2v) is 10.2. The number of carbonyl (C=O) groups is 2. The average Bonchev–Trinajstić information content (AvgIpc) is 2.77. The van der Waals surface area contributed by atoms with E-state index in [9.17, 15) is 35.6 Å². The molecule has 0 aliphatic rings. The van der Waals surface area contributed by atoms with Crippen LogP contribution in [0, 0.1) is 5.82 Å². The SMILES string of the molecule is CCNC(=O)[C@@H](CC)N(Cc1ccc(F)cc1)C(=O)CN(c1ccc(Cl)c(C(F)(F)F)c1)S(C)(=O)=O. The van der Waals surface area contributed by atoms with Gasteiger partial charge in [0.2, 0.25) is 21.8 Å². The number of hydrogen-bond donors (Lipinski definition) is 1. The van der Waals surface area contributed by atoms with Crippen LogP contribution in [0.15, 0.2) is 42.5 Å². The molecule has 0 heterocycles. The Morgan fingerprint density at radius 3 is 2.19 bits per heavy atom. The molecule has 1 N–H and O–H groups in total. The average molecular weight is 552 g/mol. The number of likely N-dealkylation sites (N-methyl/N-ethyl adjacent to an activating group) is 1. The predicted octanol–water partition coefficient (Wildman–Crippen LogP) is 4.21. The number of amides is 2. The minimum atomic E-state index is -4.86. The van der Waals surface area contributed by atoms with Crippen LogP contribution in [0.1, 0.15) is 31.4 Å². The van der Waals surface area contributed by atoms with Gasteiger partial charge in [-0.05, 0) is 49.2 Å². The van der Waals surface area contributed by atoms with E-state index in [1.807, 2.05) is 0 Å². The zero-order valence-electron chi connectivity index (χ0n) is 19.8. The molecule has 1 atom stereocenters. The van der Waals surface area contributed by atoms with Gasteiger partial charge in [0.1, 0.15) is 18.4 Å². The summed E-state index contributed by atoms with van der Waals surface area (Å²) in [7, 11) is -4.24. The molecule has 0 aliphatic carbocycles. The number of halogens is 5.